The van der Waals surface area contributed by atoms with Crippen LogP contribution in [0.15, 0.2) is 42.5 Å². The van der Waals surface area contributed by atoms with E-state index in [1.807, 2.05) is 6.07 Å². The predicted molar refractivity (Wildman–Crippen MR) is 74.0 cm³/mol. The van der Waals surface area contributed by atoms with Gasteiger partial charge in [-0.3, -0.25) is 0 Å². The molecule has 0 spiro atoms. The molecule has 2 rings (SSSR count). The van der Waals surface area contributed by atoms with Crippen LogP contribution in [-0.4, -0.2) is 13.1 Å². The van der Waals surface area contributed by atoms with Gasteiger partial charge in [-0.25, -0.2) is 4.79 Å². The van der Waals surface area contributed by atoms with Gasteiger partial charge >= 0.3 is 5.97 Å². The van der Waals surface area contributed by atoms with Crippen LogP contribution < -0.4 is 4.74 Å². The Bertz CT molecular complexity index is 675. The van der Waals surface area contributed by atoms with Crippen LogP contribution in [0.3, 0.4) is 0 Å². The summed E-state index contributed by atoms with van der Waals surface area (Å²) in [6.07, 6.45) is 0. The van der Waals surface area contributed by atoms with Gasteiger partial charge in [0.15, 0.2) is 0 Å². The Morgan fingerprint density at radius 1 is 1.20 bits per heavy atom. The van der Waals surface area contributed by atoms with E-state index in [2.05, 4.69) is 4.74 Å². The second-order valence-electron chi connectivity index (χ2n) is 3.87. The zero-order valence-corrected chi connectivity index (χ0v) is 11.3. The minimum absolute atomic E-state index is 0.342. The molecule has 0 saturated carbocycles. The number of rotatable bonds is 3. The molecule has 0 radical (unpaired) electrons. The molecule has 0 heterocycles. The average Bonchev–Trinajstić information content (AvgIpc) is 2.49. The lowest BCUT2D eigenvalue weighted by Crippen LogP contribution is -2.00. The zero-order valence-electron chi connectivity index (χ0n) is 10.6. The van der Waals surface area contributed by atoms with E-state index >= 15 is 0 Å². The molecular weight excluding hydrogens is 278 g/mol. The molecule has 0 N–H and O–H groups in total. The van der Waals surface area contributed by atoms with Crippen molar-refractivity contribution in [2.75, 3.05) is 7.11 Å². The van der Waals surface area contributed by atoms with E-state index in [-0.39, 0.29) is 0 Å². The van der Waals surface area contributed by atoms with Crippen molar-refractivity contribution in [3.8, 4) is 17.6 Å². The van der Waals surface area contributed by atoms with E-state index in [9.17, 15) is 4.79 Å². The molecule has 0 aliphatic heterocycles. The first-order valence-electron chi connectivity index (χ1n) is 5.70. The fourth-order valence-corrected chi connectivity index (χ4v) is 1.75. The van der Waals surface area contributed by atoms with Crippen LogP contribution in [0.1, 0.15) is 15.9 Å². The highest BCUT2D eigenvalue weighted by molar-refractivity contribution is 6.30. The van der Waals surface area contributed by atoms with Gasteiger partial charge < -0.3 is 9.47 Å². The first-order chi connectivity index (χ1) is 9.63. The van der Waals surface area contributed by atoms with Crippen LogP contribution in [0.4, 0.5) is 0 Å². The first kappa shape index (κ1) is 13.9. The lowest BCUT2D eigenvalue weighted by molar-refractivity contribution is 0.0600. The molecule has 0 atom stereocenters. The van der Waals surface area contributed by atoms with Crippen molar-refractivity contribution in [3.05, 3.63) is 58.6 Å². The lowest BCUT2D eigenvalue weighted by atomic mass is 10.2. The normalized spacial score (nSPS) is 9.65. The summed E-state index contributed by atoms with van der Waals surface area (Å²) in [5.41, 5.74) is 0.769. The van der Waals surface area contributed by atoms with Gasteiger partial charge in [-0.2, -0.15) is 5.26 Å². The highest BCUT2D eigenvalue weighted by atomic mass is 35.5. The van der Waals surface area contributed by atoms with E-state index in [0.717, 1.165) is 0 Å². The standard InChI is InChI=1S/C15H10ClNO3/c1-19-15(18)10-2-5-13(6-3-10)20-14-7-4-12(16)8-11(14)9-17/h2-8H,1H3. The van der Waals surface area contributed by atoms with Crippen LogP contribution in [0.2, 0.25) is 5.02 Å². The SMILES string of the molecule is COC(=O)c1ccc(Oc2ccc(Cl)cc2C#N)cc1. The summed E-state index contributed by atoms with van der Waals surface area (Å²) in [5, 5.41) is 9.49. The Hall–Kier alpha value is -2.51. The summed E-state index contributed by atoms with van der Waals surface area (Å²) in [4.78, 5) is 11.3. The number of ether oxygens (including phenoxy) is 2. The van der Waals surface area contributed by atoms with Crippen LogP contribution >= 0.6 is 11.6 Å². The number of benzene rings is 2. The molecule has 0 aliphatic rings. The second kappa shape index (κ2) is 6.09. The highest BCUT2D eigenvalue weighted by Gasteiger charge is 2.08. The summed E-state index contributed by atoms with van der Waals surface area (Å²) in [6.45, 7) is 0. The average molecular weight is 288 g/mol. The number of nitriles is 1. The van der Waals surface area contributed by atoms with Crippen molar-refractivity contribution < 1.29 is 14.3 Å². The van der Waals surface area contributed by atoms with Gasteiger partial charge in [-0.15, -0.1) is 0 Å². The molecule has 0 amide bonds. The lowest BCUT2D eigenvalue weighted by Gasteiger charge is -2.08. The topological polar surface area (TPSA) is 59.3 Å². The molecular formula is C15H10ClNO3. The number of hydrogen-bond donors (Lipinski definition) is 0. The van der Waals surface area contributed by atoms with Crippen molar-refractivity contribution in [2.24, 2.45) is 0 Å². The summed E-state index contributed by atoms with van der Waals surface area (Å²) < 4.78 is 10.2. The molecule has 20 heavy (non-hydrogen) atoms. The summed E-state index contributed by atoms with van der Waals surface area (Å²) in [6, 6.07) is 13.2. The van der Waals surface area contributed by atoms with Crippen molar-refractivity contribution in [2.45, 2.75) is 0 Å². The van der Waals surface area contributed by atoms with Gasteiger partial charge in [0.05, 0.1) is 18.2 Å². The molecule has 0 aromatic heterocycles. The smallest absolute Gasteiger partial charge is 0.337 e. The summed E-state index contributed by atoms with van der Waals surface area (Å²) in [5.74, 6) is 0.500. The monoisotopic (exact) mass is 287 g/mol. The largest absolute Gasteiger partial charge is 0.465 e. The van der Waals surface area contributed by atoms with Crippen molar-refractivity contribution in [1.29, 1.82) is 5.26 Å². The van der Waals surface area contributed by atoms with E-state index < -0.39 is 5.97 Å². The van der Waals surface area contributed by atoms with Gasteiger partial charge in [0.2, 0.25) is 0 Å². The van der Waals surface area contributed by atoms with Gasteiger partial charge in [-0.05, 0) is 42.5 Å². The summed E-state index contributed by atoms with van der Waals surface area (Å²) >= 11 is 5.81. The number of esters is 1. The Kier molecular flexibility index (Phi) is 4.24. The molecule has 2 aromatic carbocycles. The third-order valence-corrected chi connectivity index (χ3v) is 2.80. The minimum Gasteiger partial charge on any atom is -0.465 e. The fourth-order valence-electron chi connectivity index (χ4n) is 1.58. The molecule has 0 fully saturated rings. The van der Waals surface area contributed by atoms with Crippen LogP contribution in [-0.2, 0) is 4.74 Å². The highest BCUT2D eigenvalue weighted by Crippen LogP contribution is 2.27. The maximum absolute atomic E-state index is 11.3. The molecule has 0 unspecified atom stereocenters. The van der Waals surface area contributed by atoms with Crippen LogP contribution in [0, 0.1) is 11.3 Å². The number of methoxy groups -OCH3 is 1. The van der Waals surface area contributed by atoms with E-state index in [1.54, 1.807) is 36.4 Å². The number of carbonyl (C=O) groups is 1. The third kappa shape index (κ3) is 3.08. The molecule has 0 aliphatic carbocycles. The minimum atomic E-state index is -0.416. The van der Waals surface area contributed by atoms with Crippen LogP contribution in [0.25, 0.3) is 0 Å². The molecule has 4 nitrogen and oxygen atoms in total. The molecule has 5 heteroatoms. The second-order valence-corrected chi connectivity index (χ2v) is 4.31. The van der Waals surface area contributed by atoms with Crippen molar-refractivity contribution >= 4 is 17.6 Å². The quantitative estimate of drug-likeness (QED) is 0.806. The van der Waals surface area contributed by atoms with Gasteiger partial charge in [0.25, 0.3) is 0 Å². The van der Waals surface area contributed by atoms with E-state index in [0.29, 0.717) is 27.6 Å². The van der Waals surface area contributed by atoms with Gasteiger partial charge in [0, 0.05) is 5.02 Å². The zero-order chi connectivity index (χ0) is 14.5. The third-order valence-electron chi connectivity index (χ3n) is 2.57. The number of halogens is 1. The molecule has 2 aromatic rings. The van der Waals surface area contributed by atoms with Crippen LogP contribution in [0.5, 0.6) is 11.5 Å². The maximum atomic E-state index is 11.3. The first-order valence-corrected chi connectivity index (χ1v) is 6.07. The Morgan fingerprint density at radius 2 is 1.90 bits per heavy atom. The van der Waals surface area contributed by atoms with Crippen molar-refractivity contribution in [3.63, 3.8) is 0 Å². The Labute approximate surface area is 121 Å². The van der Waals surface area contributed by atoms with Gasteiger partial charge in [-0.1, -0.05) is 11.6 Å². The van der Waals surface area contributed by atoms with E-state index in [4.69, 9.17) is 21.6 Å². The van der Waals surface area contributed by atoms with E-state index in [1.165, 1.54) is 13.2 Å². The maximum Gasteiger partial charge on any atom is 0.337 e. The Morgan fingerprint density at radius 3 is 2.50 bits per heavy atom. The molecule has 0 bridgehead atoms. The number of nitrogens with zero attached hydrogens (tertiary/aromatic N) is 1. The predicted octanol–water partition coefficient (Wildman–Crippen LogP) is 3.79. The van der Waals surface area contributed by atoms with Crippen molar-refractivity contribution in [1.82, 2.24) is 0 Å². The Balaban J connectivity index is 2.23. The number of hydrogen-bond acceptors (Lipinski definition) is 4. The summed E-state index contributed by atoms with van der Waals surface area (Å²) in [7, 11) is 1.32. The molecule has 100 valence electrons. The molecule has 0 saturated heterocycles. The fraction of sp³-hybridized carbons (Fsp3) is 0.0667. The van der Waals surface area contributed by atoms with Gasteiger partial charge in [0.1, 0.15) is 17.6 Å². The number of carbonyl (C=O) groups excluding carboxylic acids is 1.